The lowest BCUT2D eigenvalue weighted by Crippen LogP contribution is -2.39. The minimum absolute atomic E-state index is 0.0248. The highest BCUT2D eigenvalue weighted by atomic mass is 16.2. The van der Waals surface area contributed by atoms with Gasteiger partial charge in [-0.1, -0.05) is 0 Å². The van der Waals surface area contributed by atoms with E-state index >= 15 is 0 Å². The molecule has 0 aliphatic heterocycles. The summed E-state index contributed by atoms with van der Waals surface area (Å²) < 4.78 is 0. The lowest BCUT2D eigenvalue weighted by molar-refractivity contribution is -0.129. The van der Waals surface area contributed by atoms with Gasteiger partial charge in [-0.15, -0.1) is 0 Å². The van der Waals surface area contributed by atoms with Crippen LogP contribution in [0.1, 0.15) is 24.3 Å². The Balaban J connectivity index is 2.91. The van der Waals surface area contributed by atoms with E-state index < -0.39 is 5.91 Å². The minimum Gasteiger partial charge on any atom is -0.396 e. The third-order valence-corrected chi connectivity index (χ3v) is 3.01. The summed E-state index contributed by atoms with van der Waals surface area (Å²) in [6.45, 7) is 5.27. The van der Waals surface area contributed by atoms with Gasteiger partial charge in [-0.25, -0.2) is 4.98 Å². The molecule has 110 valence electrons. The number of amides is 2. The standard InChI is InChI=1S/C13H21N5O2/c1-4-18(5-2)11(19)8-17(3)13-9(14)6-7-10(16-13)12(15)20/h6-7H,4-5,8,14H2,1-3H3,(H2,15,20). The maximum atomic E-state index is 12.0. The Hall–Kier alpha value is -2.31. The van der Waals surface area contributed by atoms with Crippen molar-refractivity contribution in [2.24, 2.45) is 5.73 Å². The van der Waals surface area contributed by atoms with Gasteiger partial charge in [0.05, 0.1) is 12.2 Å². The molecule has 0 fully saturated rings. The van der Waals surface area contributed by atoms with Gasteiger partial charge < -0.3 is 21.3 Å². The molecule has 20 heavy (non-hydrogen) atoms. The number of primary amides is 1. The van der Waals surface area contributed by atoms with Gasteiger partial charge in [-0.05, 0) is 26.0 Å². The molecule has 0 aliphatic carbocycles. The van der Waals surface area contributed by atoms with E-state index in [9.17, 15) is 9.59 Å². The molecular weight excluding hydrogens is 258 g/mol. The second kappa shape index (κ2) is 6.74. The Bertz CT molecular complexity index is 500. The number of anilines is 2. The third-order valence-electron chi connectivity index (χ3n) is 3.01. The highest BCUT2D eigenvalue weighted by Crippen LogP contribution is 2.19. The summed E-state index contributed by atoms with van der Waals surface area (Å²) in [7, 11) is 1.70. The Morgan fingerprint density at radius 2 is 1.85 bits per heavy atom. The first-order chi connectivity index (χ1) is 9.40. The summed E-state index contributed by atoms with van der Waals surface area (Å²) in [6.07, 6.45) is 0. The van der Waals surface area contributed by atoms with Crippen LogP contribution in [-0.2, 0) is 4.79 Å². The predicted molar refractivity (Wildman–Crippen MR) is 78.4 cm³/mol. The molecule has 0 spiro atoms. The van der Waals surface area contributed by atoms with Gasteiger partial charge in [-0.3, -0.25) is 9.59 Å². The van der Waals surface area contributed by atoms with Crippen LogP contribution in [0.25, 0.3) is 0 Å². The van der Waals surface area contributed by atoms with Crippen LogP contribution >= 0.6 is 0 Å². The summed E-state index contributed by atoms with van der Waals surface area (Å²) in [6, 6.07) is 3.02. The Kier molecular flexibility index (Phi) is 5.31. The molecule has 1 aromatic rings. The zero-order valence-electron chi connectivity index (χ0n) is 12.1. The largest absolute Gasteiger partial charge is 0.396 e. The van der Waals surface area contributed by atoms with Gasteiger partial charge in [-0.2, -0.15) is 0 Å². The molecule has 4 N–H and O–H groups in total. The van der Waals surface area contributed by atoms with Gasteiger partial charge in [0.25, 0.3) is 5.91 Å². The predicted octanol–water partition coefficient (Wildman–Crippen LogP) is 0.0673. The average molecular weight is 279 g/mol. The Morgan fingerprint density at radius 3 is 2.35 bits per heavy atom. The quantitative estimate of drug-likeness (QED) is 0.766. The van der Waals surface area contributed by atoms with E-state index in [1.165, 1.54) is 6.07 Å². The number of rotatable bonds is 6. The fraction of sp³-hybridized carbons (Fsp3) is 0.462. The van der Waals surface area contributed by atoms with Crippen molar-refractivity contribution in [3.8, 4) is 0 Å². The molecule has 1 heterocycles. The summed E-state index contributed by atoms with van der Waals surface area (Å²) in [4.78, 5) is 30.6. The van der Waals surface area contributed by atoms with Crippen molar-refractivity contribution in [2.45, 2.75) is 13.8 Å². The van der Waals surface area contributed by atoms with Crippen LogP contribution in [-0.4, -0.2) is 48.4 Å². The van der Waals surface area contributed by atoms with Crippen molar-refractivity contribution in [3.63, 3.8) is 0 Å². The number of nitrogens with two attached hydrogens (primary N) is 2. The first-order valence-corrected chi connectivity index (χ1v) is 6.45. The van der Waals surface area contributed by atoms with Crippen LogP contribution in [0.2, 0.25) is 0 Å². The van der Waals surface area contributed by atoms with Crippen LogP contribution in [0.15, 0.2) is 12.1 Å². The van der Waals surface area contributed by atoms with Crippen LogP contribution in [0.5, 0.6) is 0 Å². The second-order valence-corrected chi connectivity index (χ2v) is 4.40. The zero-order valence-corrected chi connectivity index (χ0v) is 12.1. The van der Waals surface area contributed by atoms with Crippen molar-refractivity contribution in [1.82, 2.24) is 9.88 Å². The number of carbonyl (C=O) groups excluding carboxylic acids is 2. The third kappa shape index (κ3) is 3.59. The number of nitrogen functional groups attached to an aromatic ring is 1. The molecule has 0 aromatic carbocycles. The fourth-order valence-corrected chi connectivity index (χ4v) is 1.86. The van der Waals surface area contributed by atoms with E-state index in [1.54, 1.807) is 22.9 Å². The van der Waals surface area contributed by atoms with Crippen molar-refractivity contribution >= 4 is 23.3 Å². The number of hydrogen-bond donors (Lipinski definition) is 2. The maximum Gasteiger partial charge on any atom is 0.267 e. The summed E-state index contributed by atoms with van der Waals surface area (Å²) in [5, 5.41) is 0. The molecular formula is C13H21N5O2. The molecule has 2 amide bonds. The number of hydrogen-bond acceptors (Lipinski definition) is 5. The van der Waals surface area contributed by atoms with Crippen LogP contribution in [0.3, 0.4) is 0 Å². The highest BCUT2D eigenvalue weighted by molar-refractivity contribution is 5.92. The van der Waals surface area contributed by atoms with E-state index in [1.807, 2.05) is 13.8 Å². The molecule has 1 aromatic heterocycles. The molecule has 0 radical (unpaired) electrons. The zero-order chi connectivity index (χ0) is 15.3. The summed E-state index contributed by atoms with van der Waals surface area (Å²) >= 11 is 0. The van der Waals surface area contributed by atoms with Gasteiger partial charge in [0.1, 0.15) is 5.69 Å². The normalized spacial score (nSPS) is 10.2. The number of pyridine rings is 1. The van der Waals surface area contributed by atoms with Crippen molar-refractivity contribution in [2.75, 3.05) is 37.3 Å². The SMILES string of the molecule is CCN(CC)C(=O)CN(C)c1nc(C(N)=O)ccc1N. The smallest absolute Gasteiger partial charge is 0.267 e. The summed E-state index contributed by atoms with van der Waals surface area (Å²) in [5.74, 6) is -0.278. The van der Waals surface area contributed by atoms with E-state index in [2.05, 4.69) is 4.98 Å². The minimum atomic E-state index is -0.630. The number of aromatic nitrogens is 1. The van der Waals surface area contributed by atoms with Crippen molar-refractivity contribution in [3.05, 3.63) is 17.8 Å². The molecule has 0 aliphatic rings. The summed E-state index contributed by atoms with van der Waals surface area (Å²) in [5.41, 5.74) is 11.5. The number of nitrogens with zero attached hydrogens (tertiary/aromatic N) is 3. The van der Waals surface area contributed by atoms with Crippen molar-refractivity contribution in [1.29, 1.82) is 0 Å². The topological polar surface area (TPSA) is 106 Å². The lowest BCUT2D eigenvalue weighted by atomic mass is 10.3. The number of likely N-dealkylation sites (N-methyl/N-ethyl adjacent to an activating group) is 2. The van der Waals surface area contributed by atoms with Crippen LogP contribution < -0.4 is 16.4 Å². The van der Waals surface area contributed by atoms with E-state index in [4.69, 9.17) is 11.5 Å². The van der Waals surface area contributed by atoms with Crippen LogP contribution in [0.4, 0.5) is 11.5 Å². The fourth-order valence-electron chi connectivity index (χ4n) is 1.86. The van der Waals surface area contributed by atoms with E-state index in [-0.39, 0.29) is 18.1 Å². The molecule has 7 heteroatoms. The molecule has 1 rings (SSSR count). The molecule has 0 saturated carbocycles. The van der Waals surface area contributed by atoms with E-state index in [0.29, 0.717) is 24.6 Å². The molecule has 0 bridgehead atoms. The maximum absolute atomic E-state index is 12.0. The number of carbonyl (C=O) groups is 2. The van der Waals surface area contributed by atoms with E-state index in [0.717, 1.165) is 0 Å². The molecule has 7 nitrogen and oxygen atoms in total. The first kappa shape index (κ1) is 15.7. The highest BCUT2D eigenvalue weighted by Gasteiger charge is 2.16. The monoisotopic (exact) mass is 279 g/mol. The molecule has 0 atom stereocenters. The second-order valence-electron chi connectivity index (χ2n) is 4.40. The van der Waals surface area contributed by atoms with Gasteiger partial charge in [0, 0.05) is 20.1 Å². The molecule has 0 saturated heterocycles. The lowest BCUT2D eigenvalue weighted by Gasteiger charge is -2.24. The average Bonchev–Trinajstić information content (AvgIpc) is 2.40. The van der Waals surface area contributed by atoms with Crippen LogP contribution in [0, 0.1) is 0 Å². The Labute approximate surface area is 118 Å². The first-order valence-electron chi connectivity index (χ1n) is 6.45. The van der Waals surface area contributed by atoms with Gasteiger partial charge in [0.2, 0.25) is 5.91 Å². The van der Waals surface area contributed by atoms with Gasteiger partial charge >= 0.3 is 0 Å². The van der Waals surface area contributed by atoms with Gasteiger partial charge in [0.15, 0.2) is 5.82 Å². The molecule has 0 unspecified atom stereocenters. The van der Waals surface area contributed by atoms with Crippen molar-refractivity contribution < 1.29 is 9.59 Å². The Morgan fingerprint density at radius 1 is 1.25 bits per heavy atom.